The first kappa shape index (κ1) is 25.8. The van der Waals surface area contributed by atoms with Gasteiger partial charge in [-0.25, -0.2) is 0 Å². The summed E-state index contributed by atoms with van der Waals surface area (Å²) in [6.07, 6.45) is -4.55. The van der Waals surface area contributed by atoms with E-state index in [2.05, 4.69) is 35.6 Å². The van der Waals surface area contributed by atoms with Crippen molar-refractivity contribution >= 4 is 39.8 Å². The molecule has 2 aromatic carbocycles. The number of nitrogens with zero attached hydrogens (tertiary/aromatic N) is 2. The molecule has 1 saturated heterocycles. The number of benzene rings is 2. The maximum atomic E-state index is 12.7. The van der Waals surface area contributed by atoms with E-state index in [0.29, 0.717) is 4.88 Å². The maximum Gasteiger partial charge on any atom is 0.262 e. The first-order valence-electron chi connectivity index (χ1n) is 11.3. The fraction of sp³-hybridized carbons (Fsp3) is 0.308. The van der Waals surface area contributed by atoms with E-state index in [1.54, 1.807) is 6.07 Å². The zero-order chi connectivity index (χ0) is 26.0. The summed E-state index contributed by atoms with van der Waals surface area (Å²) in [5.41, 5.74) is 1.88. The van der Waals surface area contributed by atoms with Gasteiger partial charge in [0.15, 0.2) is 6.29 Å². The number of amides is 1. The highest BCUT2D eigenvalue weighted by molar-refractivity contribution is 7.16. The lowest BCUT2D eigenvalue weighted by Crippen LogP contribution is -2.64. The number of hydrogen-bond acceptors (Lipinski definition) is 9. The molecule has 5 N–H and O–H groups in total. The van der Waals surface area contributed by atoms with Gasteiger partial charge < -0.3 is 35.4 Å². The van der Waals surface area contributed by atoms with E-state index in [1.165, 1.54) is 17.4 Å². The van der Waals surface area contributed by atoms with Crippen LogP contribution in [-0.2, 0) is 9.53 Å². The Hall–Kier alpha value is -3.30. The smallest absolute Gasteiger partial charge is 0.262 e. The number of carbonyl (C=O) groups is 1. The average molecular weight is 510 g/mol. The van der Waals surface area contributed by atoms with Gasteiger partial charge in [0.2, 0.25) is 0 Å². The molecule has 188 valence electrons. The third kappa shape index (κ3) is 5.27. The van der Waals surface area contributed by atoms with Crippen LogP contribution < -0.4 is 10.2 Å². The summed E-state index contributed by atoms with van der Waals surface area (Å²) in [7, 11) is 3.99. The summed E-state index contributed by atoms with van der Waals surface area (Å²) in [5, 5.41) is 53.6. The van der Waals surface area contributed by atoms with E-state index in [0.717, 1.165) is 26.9 Å². The fourth-order valence-electron chi connectivity index (χ4n) is 4.02. The van der Waals surface area contributed by atoms with Gasteiger partial charge >= 0.3 is 0 Å². The Kier molecular flexibility index (Phi) is 7.70. The van der Waals surface area contributed by atoms with E-state index in [4.69, 9.17) is 4.74 Å². The minimum absolute atomic E-state index is 0.240. The Balaban J connectivity index is 1.51. The minimum atomic E-state index is -1.67. The highest BCUT2D eigenvalue weighted by atomic mass is 32.1. The number of hydrogen-bond donors (Lipinski definition) is 5. The van der Waals surface area contributed by atoms with E-state index < -0.39 is 43.2 Å². The van der Waals surface area contributed by atoms with Gasteiger partial charge in [0.25, 0.3) is 5.91 Å². The molecule has 1 fully saturated rings. The second-order valence-electron chi connectivity index (χ2n) is 8.74. The van der Waals surface area contributed by atoms with Crippen molar-refractivity contribution in [2.75, 3.05) is 25.6 Å². The van der Waals surface area contributed by atoms with Crippen LogP contribution >= 0.6 is 11.3 Å². The van der Waals surface area contributed by atoms with Crippen molar-refractivity contribution in [3.05, 3.63) is 59.0 Å². The summed E-state index contributed by atoms with van der Waals surface area (Å²) < 4.78 is 5.04. The highest BCUT2D eigenvalue weighted by Crippen LogP contribution is 2.32. The molecule has 5 atom stereocenters. The summed E-state index contributed by atoms with van der Waals surface area (Å²) in [6.45, 7) is -0.617. The monoisotopic (exact) mass is 509 g/mol. The van der Waals surface area contributed by atoms with Gasteiger partial charge in [-0.1, -0.05) is 18.2 Å². The maximum absolute atomic E-state index is 12.7. The van der Waals surface area contributed by atoms with Crippen molar-refractivity contribution < 1.29 is 30.0 Å². The number of aliphatic hydroxyl groups is 4. The lowest BCUT2D eigenvalue weighted by Gasteiger charge is -2.40. The second kappa shape index (κ2) is 10.8. The van der Waals surface area contributed by atoms with Gasteiger partial charge in [0, 0.05) is 29.5 Å². The zero-order valence-corrected chi connectivity index (χ0v) is 20.5. The topological polar surface area (TPSA) is 146 Å². The van der Waals surface area contributed by atoms with Gasteiger partial charge in [-0.15, -0.1) is 11.3 Å². The van der Waals surface area contributed by atoms with Crippen LogP contribution in [-0.4, -0.2) is 77.7 Å². The largest absolute Gasteiger partial charge is 0.394 e. The third-order valence-corrected chi connectivity index (χ3v) is 7.18. The van der Waals surface area contributed by atoms with Crippen LogP contribution in [0.5, 0.6) is 0 Å². The molecular formula is C26H27N3O6S. The van der Waals surface area contributed by atoms with E-state index in [-0.39, 0.29) is 5.57 Å². The van der Waals surface area contributed by atoms with Crippen molar-refractivity contribution in [3.63, 3.8) is 0 Å². The summed E-state index contributed by atoms with van der Waals surface area (Å²) in [6, 6.07) is 16.6. The van der Waals surface area contributed by atoms with Crippen LogP contribution in [0.2, 0.25) is 0 Å². The molecule has 1 aromatic heterocycles. The number of anilines is 1. The van der Waals surface area contributed by atoms with E-state index in [1.807, 2.05) is 37.2 Å². The number of aliphatic hydroxyl groups excluding tert-OH is 4. The second-order valence-corrected chi connectivity index (χ2v) is 9.86. The quantitative estimate of drug-likeness (QED) is 0.248. The highest BCUT2D eigenvalue weighted by Gasteiger charge is 2.44. The van der Waals surface area contributed by atoms with Crippen molar-refractivity contribution in [3.8, 4) is 16.5 Å². The lowest BCUT2D eigenvalue weighted by molar-refractivity contribution is -0.253. The number of ether oxygens (including phenoxy) is 1. The molecular weight excluding hydrogens is 482 g/mol. The van der Waals surface area contributed by atoms with Crippen molar-refractivity contribution in [2.45, 2.75) is 30.6 Å². The van der Waals surface area contributed by atoms with Crippen LogP contribution in [0.25, 0.3) is 27.3 Å². The lowest BCUT2D eigenvalue weighted by atomic mass is 9.97. The van der Waals surface area contributed by atoms with Crippen molar-refractivity contribution in [2.24, 2.45) is 0 Å². The first-order valence-corrected chi connectivity index (χ1v) is 12.1. The van der Waals surface area contributed by atoms with Crippen molar-refractivity contribution in [1.82, 2.24) is 5.32 Å². The van der Waals surface area contributed by atoms with Crippen LogP contribution in [0.15, 0.2) is 54.1 Å². The summed E-state index contributed by atoms with van der Waals surface area (Å²) in [5.74, 6) is -0.837. The minimum Gasteiger partial charge on any atom is -0.394 e. The summed E-state index contributed by atoms with van der Waals surface area (Å²) in [4.78, 5) is 16.4. The molecule has 1 aliphatic rings. The number of fused-ring (bicyclic) bond motifs is 1. The predicted molar refractivity (Wildman–Crippen MR) is 137 cm³/mol. The van der Waals surface area contributed by atoms with Gasteiger partial charge in [0.05, 0.1) is 6.61 Å². The van der Waals surface area contributed by atoms with Crippen LogP contribution in [0, 0.1) is 11.3 Å². The molecule has 0 radical (unpaired) electrons. The van der Waals surface area contributed by atoms with Gasteiger partial charge in [0.1, 0.15) is 36.0 Å². The number of nitrogens with one attached hydrogen (secondary N) is 1. The number of carbonyl (C=O) groups excluding carboxylic acids is 1. The summed E-state index contributed by atoms with van der Waals surface area (Å²) >= 11 is 1.41. The molecule has 9 nitrogen and oxygen atoms in total. The molecule has 1 amide bonds. The standard InChI is InChI=1S/C26H27N3O6S/c1-29(2)18-6-5-14-9-16(4-3-15(14)10-18)21-8-7-19(36-21)11-17(12-27)25(33)28-22-24(32)23(31)20(13-30)35-26(22)34/h3-11,20,22-24,26,30-32,34H,13H2,1-2H3,(H,28,33)/b17-11+/t20-,22-,23-,24-,26?/m1/s1. The Morgan fingerprint density at radius 3 is 2.53 bits per heavy atom. The molecule has 3 aromatic rings. The molecule has 10 heteroatoms. The van der Waals surface area contributed by atoms with Crippen LogP contribution in [0.3, 0.4) is 0 Å². The fourth-order valence-corrected chi connectivity index (χ4v) is 4.97. The number of rotatable bonds is 6. The Morgan fingerprint density at radius 2 is 1.83 bits per heavy atom. The SMILES string of the molecule is CN(C)c1ccc2cc(-c3ccc(/C=C(\C#N)C(=O)N[C@H]4C(O)O[C@H](CO)[C@@H](O)[C@@H]4O)s3)ccc2c1. The molecule has 36 heavy (non-hydrogen) atoms. The number of nitriles is 1. The number of thiophene rings is 1. The van der Waals surface area contributed by atoms with E-state index >= 15 is 0 Å². The molecule has 1 aliphatic heterocycles. The molecule has 2 heterocycles. The molecule has 0 spiro atoms. The first-order chi connectivity index (χ1) is 17.2. The van der Waals surface area contributed by atoms with E-state index in [9.17, 15) is 30.5 Å². The van der Waals surface area contributed by atoms with Crippen LogP contribution in [0.4, 0.5) is 5.69 Å². The average Bonchev–Trinajstić information content (AvgIpc) is 3.35. The zero-order valence-electron chi connectivity index (χ0n) is 19.7. The Labute approximate surface area is 212 Å². The van der Waals surface area contributed by atoms with Gasteiger partial charge in [-0.3, -0.25) is 4.79 Å². The van der Waals surface area contributed by atoms with Crippen LogP contribution in [0.1, 0.15) is 4.88 Å². The van der Waals surface area contributed by atoms with Crippen molar-refractivity contribution in [1.29, 1.82) is 5.26 Å². The molecule has 0 aliphatic carbocycles. The normalized spacial score (nSPS) is 24.4. The third-order valence-electron chi connectivity index (χ3n) is 6.10. The van der Waals surface area contributed by atoms with Gasteiger partial charge in [-0.05, 0) is 52.7 Å². The molecule has 0 saturated carbocycles. The molecule has 4 rings (SSSR count). The molecule has 1 unspecified atom stereocenters. The Morgan fingerprint density at radius 1 is 1.11 bits per heavy atom. The Bertz CT molecular complexity index is 1330. The predicted octanol–water partition coefficient (Wildman–Crippen LogP) is 1.46. The molecule has 0 bridgehead atoms. The van der Waals surface area contributed by atoms with Gasteiger partial charge in [-0.2, -0.15) is 5.26 Å².